The molecular weight excluding hydrogens is 246 g/mol. The van der Waals surface area contributed by atoms with E-state index in [1.165, 1.54) is 29.2 Å². The maximum Gasteiger partial charge on any atom is 0.148 e. The number of fused-ring (bicyclic) bond motifs is 1. The first kappa shape index (κ1) is 11.5. The molecule has 0 unspecified atom stereocenters. The van der Waals surface area contributed by atoms with Gasteiger partial charge in [-0.05, 0) is 29.7 Å². The number of aromatic nitrogens is 2. The fourth-order valence-corrected chi connectivity index (χ4v) is 2.59. The predicted molar refractivity (Wildman–Crippen MR) is 82.8 cm³/mol. The van der Waals surface area contributed by atoms with E-state index in [0.717, 1.165) is 11.5 Å². The van der Waals surface area contributed by atoms with Gasteiger partial charge in [0.15, 0.2) is 0 Å². The fourth-order valence-electron chi connectivity index (χ4n) is 2.59. The van der Waals surface area contributed by atoms with Gasteiger partial charge in [-0.1, -0.05) is 36.4 Å². The second kappa shape index (κ2) is 4.37. The second-order valence-corrected chi connectivity index (χ2v) is 5.52. The quantitative estimate of drug-likeness (QED) is 0.778. The van der Waals surface area contributed by atoms with Crippen molar-refractivity contribution in [1.29, 1.82) is 0 Å². The molecule has 4 rings (SSSR count). The average Bonchev–Trinajstić information content (AvgIpc) is 3.20. The Bertz CT molecular complexity index is 769. The van der Waals surface area contributed by atoms with Crippen molar-refractivity contribution in [2.75, 3.05) is 5.32 Å². The molecule has 1 fully saturated rings. The smallest absolute Gasteiger partial charge is 0.148 e. The zero-order valence-electron chi connectivity index (χ0n) is 11.5. The lowest BCUT2D eigenvalue weighted by Crippen LogP contribution is -2.01. The molecule has 0 amide bonds. The zero-order chi connectivity index (χ0) is 13.5. The van der Waals surface area contributed by atoms with Crippen LogP contribution in [0.5, 0.6) is 0 Å². The number of hydrogen-bond donors (Lipinski definition) is 1. The molecule has 1 heterocycles. The van der Waals surface area contributed by atoms with Gasteiger partial charge in [0.25, 0.3) is 0 Å². The van der Waals surface area contributed by atoms with Crippen molar-refractivity contribution in [3.63, 3.8) is 0 Å². The van der Waals surface area contributed by atoms with E-state index in [-0.39, 0.29) is 0 Å². The summed E-state index contributed by atoms with van der Waals surface area (Å²) in [5, 5.41) is 10.5. The molecule has 0 bridgehead atoms. The van der Waals surface area contributed by atoms with Crippen molar-refractivity contribution in [3.8, 4) is 11.3 Å². The lowest BCUT2D eigenvalue weighted by atomic mass is 10.1. The largest absolute Gasteiger partial charge is 0.366 e. The van der Waals surface area contributed by atoms with Gasteiger partial charge in [0.2, 0.25) is 0 Å². The van der Waals surface area contributed by atoms with Crippen LogP contribution in [0.4, 0.5) is 5.82 Å². The van der Waals surface area contributed by atoms with Crippen LogP contribution in [0, 0.1) is 0 Å². The van der Waals surface area contributed by atoms with Crippen molar-refractivity contribution >= 4 is 16.6 Å². The molecule has 0 spiro atoms. The molecule has 1 aromatic heterocycles. The normalized spacial score (nSPS) is 14.7. The van der Waals surface area contributed by atoms with Gasteiger partial charge in [0.1, 0.15) is 5.82 Å². The number of aryl methyl sites for hydroxylation is 1. The third-order valence-corrected chi connectivity index (χ3v) is 3.85. The summed E-state index contributed by atoms with van der Waals surface area (Å²) in [5.74, 6) is 0.984. The van der Waals surface area contributed by atoms with E-state index in [9.17, 15) is 0 Å². The Labute approximate surface area is 118 Å². The van der Waals surface area contributed by atoms with Gasteiger partial charge in [-0.15, -0.1) is 0 Å². The van der Waals surface area contributed by atoms with Gasteiger partial charge in [-0.25, -0.2) is 0 Å². The van der Waals surface area contributed by atoms with E-state index in [1.54, 1.807) is 0 Å². The zero-order valence-corrected chi connectivity index (χ0v) is 11.5. The number of anilines is 1. The van der Waals surface area contributed by atoms with Crippen molar-refractivity contribution < 1.29 is 0 Å². The van der Waals surface area contributed by atoms with E-state index in [4.69, 9.17) is 0 Å². The third kappa shape index (κ3) is 2.05. The standard InChI is InChI=1S/C17H17N3/c1-20-16(11-17(19-20)18-15-8-9-15)14-7-6-12-4-2-3-5-13(12)10-14/h2-7,10-11,15H,8-9H2,1H3,(H,18,19). The monoisotopic (exact) mass is 263 g/mol. The molecule has 1 saturated carbocycles. The topological polar surface area (TPSA) is 29.9 Å². The summed E-state index contributed by atoms with van der Waals surface area (Å²) in [6.07, 6.45) is 2.53. The van der Waals surface area contributed by atoms with Crippen molar-refractivity contribution in [2.24, 2.45) is 7.05 Å². The molecule has 0 atom stereocenters. The summed E-state index contributed by atoms with van der Waals surface area (Å²) in [4.78, 5) is 0. The minimum atomic E-state index is 0.634. The Morgan fingerprint density at radius 3 is 2.65 bits per heavy atom. The van der Waals surface area contributed by atoms with E-state index in [0.29, 0.717) is 6.04 Å². The van der Waals surface area contributed by atoms with E-state index >= 15 is 0 Å². The summed E-state index contributed by atoms with van der Waals surface area (Å²) >= 11 is 0. The number of nitrogens with zero attached hydrogens (tertiary/aromatic N) is 2. The lowest BCUT2D eigenvalue weighted by Gasteiger charge is -2.03. The molecule has 0 saturated heterocycles. The van der Waals surface area contributed by atoms with Gasteiger partial charge < -0.3 is 5.32 Å². The predicted octanol–water partition coefficient (Wildman–Crippen LogP) is 3.81. The number of benzene rings is 2. The summed E-state index contributed by atoms with van der Waals surface area (Å²) < 4.78 is 1.95. The van der Waals surface area contributed by atoms with Crippen LogP contribution in [-0.4, -0.2) is 15.8 Å². The minimum absolute atomic E-state index is 0.634. The van der Waals surface area contributed by atoms with E-state index in [1.807, 2.05) is 11.7 Å². The van der Waals surface area contributed by atoms with Crippen molar-refractivity contribution in [1.82, 2.24) is 9.78 Å². The summed E-state index contributed by atoms with van der Waals surface area (Å²) in [7, 11) is 2.00. The Morgan fingerprint density at radius 2 is 1.85 bits per heavy atom. The fraction of sp³-hybridized carbons (Fsp3) is 0.235. The molecule has 0 aliphatic heterocycles. The van der Waals surface area contributed by atoms with Crippen LogP contribution in [0.3, 0.4) is 0 Å². The summed E-state index contributed by atoms with van der Waals surface area (Å²) in [6.45, 7) is 0. The van der Waals surface area contributed by atoms with Crippen LogP contribution in [0.25, 0.3) is 22.0 Å². The number of rotatable bonds is 3. The summed E-state index contributed by atoms with van der Waals surface area (Å²) in [5.41, 5.74) is 2.36. The first-order valence-electron chi connectivity index (χ1n) is 7.09. The van der Waals surface area contributed by atoms with Gasteiger partial charge in [0, 0.05) is 24.7 Å². The first-order valence-corrected chi connectivity index (χ1v) is 7.09. The molecule has 3 heteroatoms. The molecule has 2 aromatic carbocycles. The molecule has 3 nitrogen and oxygen atoms in total. The van der Waals surface area contributed by atoms with Gasteiger partial charge in [-0.2, -0.15) is 5.10 Å². The SMILES string of the molecule is Cn1nc(NC2CC2)cc1-c1ccc2ccccc2c1. The maximum atomic E-state index is 4.55. The van der Waals surface area contributed by atoms with E-state index in [2.05, 4.69) is 58.9 Å². The Morgan fingerprint density at radius 1 is 1.05 bits per heavy atom. The maximum absolute atomic E-state index is 4.55. The highest BCUT2D eigenvalue weighted by molar-refractivity contribution is 5.87. The van der Waals surface area contributed by atoms with Gasteiger partial charge >= 0.3 is 0 Å². The molecule has 20 heavy (non-hydrogen) atoms. The highest BCUT2D eigenvalue weighted by Crippen LogP contribution is 2.28. The minimum Gasteiger partial charge on any atom is -0.366 e. The lowest BCUT2D eigenvalue weighted by molar-refractivity contribution is 0.776. The average molecular weight is 263 g/mol. The van der Waals surface area contributed by atoms with Crippen molar-refractivity contribution in [3.05, 3.63) is 48.5 Å². The van der Waals surface area contributed by atoms with Crippen molar-refractivity contribution in [2.45, 2.75) is 18.9 Å². The molecule has 1 aliphatic rings. The van der Waals surface area contributed by atoms with Crippen LogP contribution >= 0.6 is 0 Å². The summed E-state index contributed by atoms with van der Waals surface area (Å²) in [6, 6.07) is 17.8. The highest BCUT2D eigenvalue weighted by Gasteiger charge is 2.22. The Kier molecular flexibility index (Phi) is 2.52. The van der Waals surface area contributed by atoms with Gasteiger partial charge in [0.05, 0.1) is 5.69 Å². The Hall–Kier alpha value is -2.29. The molecule has 1 N–H and O–H groups in total. The third-order valence-electron chi connectivity index (χ3n) is 3.85. The molecule has 100 valence electrons. The number of nitrogens with one attached hydrogen (secondary N) is 1. The molecule has 3 aromatic rings. The molecular formula is C17H17N3. The van der Waals surface area contributed by atoms with Crippen LogP contribution in [-0.2, 0) is 7.05 Å². The second-order valence-electron chi connectivity index (χ2n) is 5.52. The molecule has 0 radical (unpaired) electrons. The van der Waals surface area contributed by atoms with Crippen LogP contribution in [0.2, 0.25) is 0 Å². The molecule has 1 aliphatic carbocycles. The van der Waals surface area contributed by atoms with Crippen LogP contribution in [0.15, 0.2) is 48.5 Å². The first-order chi connectivity index (χ1) is 9.79. The van der Waals surface area contributed by atoms with E-state index < -0.39 is 0 Å². The Balaban J connectivity index is 1.75. The highest BCUT2D eigenvalue weighted by atomic mass is 15.3. The van der Waals surface area contributed by atoms with Crippen LogP contribution < -0.4 is 5.32 Å². The van der Waals surface area contributed by atoms with Crippen LogP contribution in [0.1, 0.15) is 12.8 Å². The number of hydrogen-bond acceptors (Lipinski definition) is 2. The van der Waals surface area contributed by atoms with Gasteiger partial charge in [-0.3, -0.25) is 4.68 Å².